The van der Waals surface area contributed by atoms with Crippen molar-refractivity contribution < 1.29 is 9.59 Å². The van der Waals surface area contributed by atoms with Gasteiger partial charge in [0.15, 0.2) is 0 Å². The number of nitrogens with two attached hydrogens (primary N) is 1. The predicted octanol–water partition coefficient (Wildman–Crippen LogP) is 3.90. The molecule has 0 radical (unpaired) electrons. The fourth-order valence-corrected chi connectivity index (χ4v) is 4.21. The van der Waals surface area contributed by atoms with Gasteiger partial charge in [-0.3, -0.25) is 14.6 Å². The van der Waals surface area contributed by atoms with Crippen LogP contribution in [0.5, 0.6) is 0 Å². The lowest BCUT2D eigenvalue weighted by molar-refractivity contribution is -0.125. The monoisotopic (exact) mass is 442 g/mol. The van der Waals surface area contributed by atoms with Crippen molar-refractivity contribution in [3.63, 3.8) is 0 Å². The lowest BCUT2D eigenvalue weighted by Gasteiger charge is -2.32. The standard InChI is InChI=1S/C24H31ClN4O2/c1-24(2,18-7-9-19(25)10-8-18)23(31)28-15-21(26)16-3-5-17(6-4-16)22(30)29-20-11-13-27-14-12-20/h7-14,16-17,21H,3-6,15,26H2,1-2H3,(H,28,31)(H,27,29,30)/t16?,17?,21-/m1/s1. The highest BCUT2D eigenvalue weighted by atomic mass is 35.5. The smallest absolute Gasteiger partial charge is 0.230 e. The number of amides is 2. The molecule has 1 aliphatic rings. The number of benzene rings is 1. The van der Waals surface area contributed by atoms with E-state index in [-0.39, 0.29) is 23.8 Å². The molecule has 1 saturated carbocycles. The number of rotatable bonds is 7. The fourth-order valence-electron chi connectivity index (χ4n) is 4.08. The summed E-state index contributed by atoms with van der Waals surface area (Å²) in [5, 5.41) is 6.62. The first-order valence-corrected chi connectivity index (χ1v) is 11.2. The predicted molar refractivity (Wildman–Crippen MR) is 124 cm³/mol. The summed E-state index contributed by atoms with van der Waals surface area (Å²) in [7, 11) is 0. The molecule has 1 aromatic carbocycles. The molecule has 0 saturated heterocycles. The van der Waals surface area contributed by atoms with Crippen molar-refractivity contribution >= 4 is 29.1 Å². The molecule has 1 aromatic heterocycles. The van der Waals surface area contributed by atoms with Crippen LogP contribution in [0.25, 0.3) is 0 Å². The van der Waals surface area contributed by atoms with E-state index >= 15 is 0 Å². The van der Waals surface area contributed by atoms with E-state index in [4.69, 9.17) is 17.3 Å². The minimum absolute atomic E-state index is 0.00459. The lowest BCUT2D eigenvalue weighted by atomic mass is 9.78. The molecule has 0 unspecified atom stereocenters. The average Bonchev–Trinajstić information content (AvgIpc) is 2.78. The van der Waals surface area contributed by atoms with E-state index in [0.717, 1.165) is 36.9 Å². The molecule has 1 atom stereocenters. The topological polar surface area (TPSA) is 97.1 Å². The van der Waals surface area contributed by atoms with Crippen molar-refractivity contribution in [1.29, 1.82) is 0 Å². The Labute approximate surface area is 189 Å². The summed E-state index contributed by atoms with van der Waals surface area (Å²) >= 11 is 5.96. The molecule has 7 heteroatoms. The number of halogens is 1. The van der Waals surface area contributed by atoms with Crippen LogP contribution < -0.4 is 16.4 Å². The number of nitrogens with zero attached hydrogens (tertiary/aromatic N) is 1. The zero-order chi connectivity index (χ0) is 22.4. The Balaban J connectivity index is 1.45. The van der Waals surface area contributed by atoms with Gasteiger partial charge < -0.3 is 16.4 Å². The van der Waals surface area contributed by atoms with Crippen LogP contribution in [-0.2, 0) is 15.0 Å². The van der Waals surface area contributed by atoms with Crippen molar-refractivity contribution in [1.82, 2.24) is 10.3 Å². The minimum Gasteiger partial charge on any atom is -0.354 e. The molecule has 3 rings (SSSR count). The van der Waals surface area contributed by atoms with Gasteiger partial charge in [-0.15, -0.1) is 0 Å². The van der Waals surface area contributed by atoms with Gasteiger partial charge in [-0.2, -0.15) is 0 Å². The molecular weight excluding hydrogens is 412 g/mol. The van der Waals surface area contributed by atoms with E-state index in [1.807, 2.05) is 26.0 Å². The van der Waals surface area contributed by atoms with Crippen molar-refractivity contribution in [2.75, 3.05) is 11.9 Å². The molecular formula is C24H31ClN4O2. The highest BCUT2D eigenvalue weighted by Crippen LogP contribution is 2.31. The van der Waals surface area contributed by atoms with Crippen molar-refractivity contribution in [2.24, 2.45) is 17.6 Å². The second-order valence-electron chi connectivity index (χ2n) is 8.84. The van der Waals surface area contributed by atoms with E-state index in [2.05, 4.69) is 15.6 Å². The van der Waals surface area contributed by atoms with E-state index in [1.54, 1.807) is 36.7 Å². The first kappa shape index (κ1) is 23.2. The van der Waals surface area contributed by atoms with E-state index < -0.39 is 5.41 Å². The summed E-state index contributed by atoms with van der Waals surface area (Å²) in [6, 6.07) is 10.8. The quantitative estimate of drug-likeness (QED) is 0.605. The van der Waals surface area contributed by atoms with Crippen LogP contribution in [0.4, 0.5) is 5.69 Å². The minimum atomic E-state index is -0.674. The fraction of sp³-hybridized carbons (Fsp3) is 0.458. The molecule has 6 nitrogen and oxygen atoms in total. The highest BCUT2D eigenvalue weighted by Gasteiger charge is 2.32. The van der Waals surface area contributed by atoms with Gasteiger partial charge in [0.1, 0.15) is 0 Å². The Kier molecular flexibility index (Phi) is 7.68. The normalized spacial score (nSPS) is 20.0. The first-order valence-electron chi connectivity index (χ1n) is 10.8. The maximum Gasteiger partial charge on any atom is 0.230 e. The summed E-state index contributed by atoms with van der Waals surface area (Å²) in [5.74, 6) is 0.283. The van der Waals surface area contributed by atoms with Crippen LogP contribution in [0.3, 0.4) is 0 Å². The largest absolute Gasteiger partial charge is 0.354 e. The number of nitrogens with one attached hydrogen (secondary N) is 2. The molecule has 2 aromatic rings. The molecule has 0 bridgehead atoms. The number of pyridine rings is 1. The van der Waals surface area contributed by atoms with Crippen molar-refractivity contribution in [2.45, 2.75) is 51.0 Å². The van der Waals surface area contributed by atoms with Crippen LogP contribution in [0, 0.1) is 11.8 Å². The summed E-state index contributed by atoms with van der Waals surface area (Å²) in [5.41, 5.74) is 7.40. The summed E-state index contributed by atoms with van der Waals surface area (Å²) in [4.78, 5) is 29.3. The van der Waals surface area contributed by atoms with Gasteiger partial charge in [0.25, 0.3) is 0 Å². The third-order valence-corrected chi connectivity index (χ3v) is 6.58. The average molecular weight is 443 g/mol. The SMILES string of the molecule is CC(C)(C(=O)NC[C@@H](N)C1CCC(C(=O)Nc2ccncc2)CC1)c1ccc(Cl)cc1. The number of hydrogen-bond acceptors (Lipinski definition) is 4. The van der Waals surface area contributed by atoms with Gasteiger partial charge in [-0.05, 0) is 75.3 Å². The Morgan fingerprint density at radius 2 is 1.71 bits per heavy atom. The lowest BCUT2D eigenvalue weighted by Crippen LogP contribution is -2.48. The second kappa shape index (κ2) is 10.2. The van der Waals surface area contributed by atoms with Crippen molar-refractivity contribution in [3.05, 3.63) is 59.4 Å². The van der Waals surface area contributed by atoms with Gasteiger partial charge in [-0.1, -0.05) is 23.7 Å². The molecule has 1 aliphatic carbocycles. The Morgan fingerprint density at radius 1 is 1.10 bits per heavy atom. The molecule has 31 heavy (non-hydrogen) atoms. The Hall–Kier alpha value is -2.44. The number of carbonyl (C=O) groups excluding carboxylic acids is 2. The molecule has 0 aliphatic heterocycles. The number of hydrogen-bond donors (Lipinski definition) is 3. The van der Waals surface area contributed by atoms with Gasteiger partial charge in [0.05, 0.1) is 5.41 Å². The van der Waals surface area contributed by atoms with E-state index in [1.165, 1.54) is 0 Å². The van der Waals surface area contributed by atoms with Gasteiger partial charge >= 0.3 is 0 Å². The Morgan fingerprint density at radius 3 is 2.32 bits per heavy atom. The molecule has 0 spiro atoms. The maximum absolute atomic E-state index is 12.8. The summed E-state index contributed by atoms with van der Waals surface area (Å²) in [6.07, 6.45) is 6.69. The summed E-state index contributed by atoms with van der Waals surface area (Å²) in [6.45, 7) is 4.21. The van der Waals surface area contributed by atoms with E-state index in [9.17, 15) is 9.59 Å². The zero-order valence-corrected chi connectivity index (χ0v) is 18.9. The Bertz CT molecular complexity index is 878. The molecule has 166 valence electrons. The highest BCUT2D eigenvalue weighted by molar-refractivity contribution is 6.30. The van der Waals surface area contributed by atoms with Crippen LogP contribution in [0.2, 0.25) is 5.02 Å². The van der Waals surface area contributed by atoms with E-state index in [0.29, 0.717) is 17.5 Å². The van der Waals surface area contributed by atoms with Crippen LogP contribution in [0.1, 0.15) is 45.1 Å². The van der Waals surface area contributed by atoms with Crippen molar-refractivity contribution in [3.8, 4) is 0 Å². The molecule has 1 fully saturated rings. The number of anilines is 1. The first-order chi connectivity index (χ1) is 14.8. The zero-order valence-electron chi connectivity index (χ0n) is 18.1. The number of aromatic nitrogens is 1. The molecule has 2 amide bonds. The van der Waals surface area contributed by atoms with Crippen LogP contribution in [0.15, 0.2) is 48.8 Å². The van der Waals surface area contributed by atoms with Crippen LogP contribution in [-0.4, -0.2) is 29.4 Å². The van der Waals surface area contributed by atoms with Gasteiger partial charge in [0.2, 0.25) is 11.8 Å². The van der Waals surface area contributed by atoms with Gasteiger partial charge in [0, 0.05) is 41.6 Å². The summed E-state index contributed by atoms with van der Waals surface area (Å²) < 4.78 is 0. The second-order valence-corrected chi connectivity index (χ2v) is 9.28. The molecule has 1 heterocycles. The maximum atomic E-state index is 12.8. The van der Waals surface area contributed by atoms with Gasteiger partial charge in [-0.25, -0.2) is 0 Å². The third kappa shape index (κ3) is 6.05. The number of carbonyl (C=O) groups is 2. The third-order valence-electron chi connectivity index (χ3n) is 6.33. The molecule has 4 N–H and O–H groups in total. The van der Waals surface area contributed by atoms with Crippen LogP contribution >= 0.6 is 11.6 Å².